The van der Waals surface area contributed by atoms with Gasteiger partial charge in [-0.2, -0.15) is 17.0 Å². The van der Waals surface area contributed by atoms with Crippen LogP contribution in [0.5, 0.6) is 0 Å². The molecule has 0 spiro atoms. The molecule has 0 fully saturated rings. The minimum Gasteiger partial charge on any atom is -0.355 e. The molecule has 1 heterocycles. The second-order valence-electron chi connectivity index (χ2n) is 3.56. The van der Waals surface area contributed by atoms with Crippen LogP contribution < -0.4 is 16.4 Å². The molecule has 19 heavy (non-hydrogen) atoms. The van der Waals surface area contributed by atoms with Gasteiger partial charge in [0.05, 0.1) is 12.2 Å². The predicted molar refractivity (Wildman–Crippen MR) is 78.5 cm³/mol. The van der Waals surface area contributed by atoms with E-state index in [1.807, 2.05) is 24.4 Å². The van der Waals surface area contributed by atoms with Crippen molar-refractivity contribution in [2.24, 2.45) is 10.7 Å². The number of rotatable bonds is 7. The largest absolute Gasteiger partial charge is 0.355 e. The molecule has 0 saturated carbocycles. The van der Waals surface area contributed by atoms with E-state index in [0.717, 1.165) is 23.7 Å². The van der Waals surface area contributed by atoms with Gasteiger partial charge in [-0.25, -0.2) is 0 Å². The van der Waals surface area contributed by atoms with Gasteiger partial charge < -0.3 is 11.1 Å². The summed E-state index contributed by atoms with van der Waals surface area (Å²) < 4.78 is 0. The Morgan fingerprint density at radius 1 is 1.53 bits per heavy atom. The number of hydrogen-bond donors (Lipinski definition) is 3. The fourth-order valence-electron chi connectivity index (χ4n) is 1.27. The molecule has 0 radical (unpaired) electrons. The van der Waals surface area contributed by atoms with Gasteiger partial charge in [-0.3, -0.25) is 15.3 Å². The Hall–Kier alpha value is -1.78. The highest BCUT2D eigenvalue weighted by atomic mass is 32.2. The molecule has 0 amide bonds. The molecule has 0 aliphatic heterocycles. The van der Waals surface area contributed by atoms with E-state index in [0.29, 0.717) is 19.0 Å². The van der Waals surface area contributed by atoms with E-state index in [1.165, 1.54) is 0 Å². The van der Waals surface area contributed by atoms with Gasteiger partial charge in [-0.05, 0) is 12.1 Å². The number of pyridine rings is 1. The van der Waals surface area contributed by atoms with E-state index in [-0.39, 0.29) is 0 Å². The van der Waals surface area contributed by atoms with Crippen LogP contribution in [0.4, 0.5) is 0 Å². The number of nitriles is 1. The van der Waals surface area contributed by atoms with E-state index in [9.17, 15) is 0 Å². The lowest BCUT2D eigenvalue weighted by atomic mass is 10.4. The number of aromatic nitrogens is 1. The molecule has 4 N–H and O–H groups in total. The van der Waals surface area contributed by atoms with Gasteiger partial charge in [0.25, 0.3) is 0 Å². The number of thioether (sulfide) groups is 1. The van der Waals surface area contributed by atoms with E-state index in [1.54, 1.807) is 18.0 Å². The molecular weight excluding hydrogens is 260 g/mol. The maximum Gasteiger partial charge on any atom is 0.204 e. The molecule has 102 valence electrons. The van der Waals surface area contributed by atoms with Crippen molar-refractivity contribution in [3.8, 4) is 6.19 Å². The smallest absolute Gasteiger partial charge is 0.204 e. The molecule has 6 nitrogen and oxygen atoms in total. The minimum atomic E-state index is 0.465. The van der Waals surface area contributed by atoms with Gasteiger partial charge in [0.2, 0.25) is 5.96 Å². The lowest BCUT2D eigenvalue weighted by Gasteiger charge is -2.07. The summed E-state index contributed by atoms with van der Waals surface area (Å²) in [6.45, 7) is 1.69. The van der Waals surface area contributed by atoms with Crippen LogP contribution >= 0.6 is 11.8 Å². The molecular formula is C12H18N6S. The van der Waals surface area contributed by atoms with Crippen molar-refractivity contribution in [2.75, 3.05) is 25.4 Å². The van der Waals surface area contributed by atoms with Crippen LogP contribution in [0.25, 0.3) is 0 Å². The third-order valence-electron chi connectivity index (χ3n) is 2.09. The summed E-state index contributed by atoms with van der Waals surface area (Å²) in [6, 6.07) is 5.89. The Labute approximate surface area is 117 Å². The van der Waals surface area contributed by atoms with Gasteiger partial charge in [-0.15, -0.1) is 0 Å². The van der Waals surface area contributed by atoms with Gasteiger partial charge in [0.1, 0.15) is 0 Å². The van der Waals surface area contributed by atoms with Crippen molar-refractivity contribution in [1.29, 1.82) is 5.26 Å². The Morgan fingerprint density at radius 2 is 2.42 bits per heavy atom. The fraction of sp³-hybridized carbons (Fsp3) is 0.417. The van der Waals surface area contributed by atoms with Crippen molar-refractivity contribution in [2.45, 2.75) is 5.75 Å². The Morgan fingerprint density at radius 3 is 3.11 bits per heavy atom. The van der Waals surface area contributed by atoms with Gasteiger partial charge >= 0.3 is 0 Å². The number of aliphatic imine (C=N–C) groups is 1. The number of nitrogens with one attached hydrogen (secondary N) is 2. The molecule has 0 aliphatic rings. The van der Waals surface area contributed by atoms with Crippen LogP contribution in [-0.4, -0.2) is 36.3 Å². The fourth-order valence-corrected chi connectivity index (χ4v) is 2.04. The number of hydrogen-bond acceptors (Lipinski definition) is 5. The van der Waals surface area contributed by atoms with Crippen molar-refractivity contribution in [1.82, 2.24) is 15.6 Å². The highest BCUT2D eigenvalue weighted by molar-refractivity contribution is 7.98. The molecule has 0 saturated heterocycles. The third-order valence-corrected chi connectivity index (χ3v) is 3.08. The second-order valence-corrected chi connectivity index (χ2v) is 4.66. The summed E-state index contributed by atoms with van der Waals surface area (Å²) in [5, 5.41) is 14.1. The van der Waals surface area contributed by atoms with Crippen molar-refractivity contribution in [3.05, 3.63) is 30.1 Å². The van der Waals surface area contributed by atoms with E-state index in [4.69, 9.17) is 11.0 Å². The van der Waals surface area contributed by atoms with Gasteiger partial charge in [0.15, 0.2) is 6.19 Å². The zero-order chi connectivity index (χ0) is 13.8. The van der Waals surface area contributed by atoms with E-state index >= 15 is 0 Å². The lowest BCUT2D eigenvalue weighted by molar-refractivity contribution is 0.892. The third kappa shape index (κ3) is 7.28. The number of nitrogens with two attached hydrogens (primary N) is 1. The molecule has 7 heteroatoms. The average molecular weight is 278 g/mol. The number of guanidine groups is 1. The first-order valence-electron chi connectivity index (χ1n) is 5.98. The molecule has 0 aromatic carbocycles. The van der Waals surface area contributed by atoms with Crippen molar-refractivity contribution < 1.29 is 0 Å². The summed E-state index contributed by atoms with van der Waals surface area (Å²) in [7, 11) is 0. The van der Waals surface area contributed by atoms with Crippen molar-refractivity contribution in [3.63, 3.8) is 0 Å². The van der Waals surface area contributed by atoms with Crippen LogP contribution in [0.2, 0.25) is 0 Å². The van der Waals surface area contributed by atoms with Gasteiger partial charge in [0, 0.05) is 30.8 Å². The highest BCUT2D eigenvalue weighted by Gasteiger charge is 1.97. The second kappa shape index (κ2) is 10.2. The normalized spacial score (nSPS) is 10.8. The maximum absolute atomic E-state index is 8.56. The van der Waals surface area contributed by atoms with Crippen LogP contribution in [-0.2, 0) is 5.75 Å². The summed E-state index contributed by atoms with van der Waals surface area (Å²) in [6.07, 6.45) is 3.64. The molecule has 1 rings (SSSR count). The minimum absolute atomic E-state index is 0.465. The molecule has 0 bridgehead atoms. The maximum atomic E-state index is 8.56. The average Bonchev–Trinajstić information content (AvgIpc) is 2.45. The van der Waals surface area contributed by atoms with Crippen LogP contribution in [0.15, 0.2) is 29.4 Å². The zero-order valence-electron chi connectivity index (χ0n) is 10.7. The topological polar surface area (TPSA) is 99.1 Å². The first kappa shape index (κ1) is 15.3. The van der Waals surface area contributed by atoms with E-state index < -0.39 is 0 Å². The SMILES string of the molecule is N#CNC(=NCCN)NCCSCc1ccccn1. The first-order valence-corrected chi connectivity index (χ1v) is 7.13. The predicted octanol–water partition coefficient (Wildman–Crippen LogP) is 0.290. The molecule has 0 aliphatic carbocycles. The lowest BCUT2D eigenvalue weighted by Crippen LogP contribution is -2.36. The Bertz CT molecular complexity index is 414. The van der Waals surface area contributed by atoms with Crippen LogP contribution in [0.1, 0.15) is 5.69 Å². The summed E-state index contributed by atoms with van der Waals surface area (Å²) in [4.78, 5) is 8.36. The summed E-state index contributed by atoms with van der Waals surface area (Å²) >= 11 is 1.77. The van der Waals surface area contributed by atoms with Crippen molar-refractivity contribution >= 4 is 17.7 Å². The van der Waals surface area contributed by atoms with Crippen LogP contribution in [0, 0.1) is 11.5 Å². The highest BCUT2D eigenvalue weighted by Crippen LogP contribution is 2.07. The quantitative estimate of drug-likeness (QED) is 0.218. The molecule has 0 unspecified atom stereocenters. The van der Waals surface area contributed by atoms with Crippen LogP contribution in [0.3, 0.4) is 0 Å². The van der Waals surface area contributed by atoms with Gasteiger partial charge in [-0.1, -0.05) is 6.07 Å². The number of nitrogens with zero attached hydrogens (tertiary/aromatic N) is 3. The summed E-state index contributed by atoms with van der Waals surface area (Å²) in [5.74, 6) is 2.26. The first-order chi connectivity index (χ1) is 9.36. The Kier molecular flexibility index (Phi) is 8.18. The Balaban J connectivity index is 2.17. The molecule has 0 atom stereocenters. The van der Waals surface area contributed by atoms with E-state index in [2.05, 4.69) is 20.6 Å². The standard InChI is InChI=1S/C12H18N6S/c13-4-6-16-12(18-10-14)17-7-8-19-9-11-3-1-2-5-15-11/h1-3,5H,4,6-9,13H2,(H2,16,17,18). The molecule has 1 aromatic heterocycles. The molecule has 1 aromatic rings. The monoisotopic (exact) mass is 278 g/mol. The zero-order valence-corrected chi connectivity index (χ0v) is 11.5. The summed E-state index contributed by atoms with van der Waals surface area (Å²) in [5.41, 5.74) is 6.43.